The summed E-state index contributed by atoms with van der Waals surface area (Å²) in [6, 6.07) is 7.21. The molecule has 0 bridgehead atoms. The van der Waals surface area contributed by atoms with Crippen LogP contribution in [-0.2, 0) is 11.2 Å². The average Bonchev–Trinajstić information content (AvgIpc) is 2.62. The molecule has 0 N–H and O–H groups in total. The fraction of sp³-hybridized carbons (Fsp3) is 0.167. The zero-order chi connectivity index (χ0) is 11.5. The summed E-state index contributed by atoms with van der Waals surface area (Å²) in [4.78, 5) is 14.7. The van der Waals surface area contributed by atoms with Crippen LogP contribution < -0.4 is 0 Å². The number of aromatic nitrogens is 1. The quantitative estimate of drug-likeness (QED) is 0.768. The van der Waals surface area contributed by atoms with Crippen LogP contribution in [0.4, 0.5) is 0 Å². The van der Waals surface area contributed by atoms with Crippen molar-refractivity contribution < 1.29 is 9.21 Å². The molecule has 0 amide bonds. The number of hydrogen-bond acceptors (Lipinski definition) is 3. The van der Waals surface area contributed by atoms with E-state index in [1.807, 2.05) is 12.1 Å². The Hall–Kier alpha value is -1.61. The van der Waals surface area contributed by atoms with Crippen molar-refractivity contribution in [3.05, 3.63) is 40.7 Å². The molecule has 0 radical (unpaired) electrons. The van der Waals surface area contributed by atoms with E-state index in [4.69, 9.17) is 16.0 Å². The molecule has 0 unspecified atom stereocenters. The van der Waals surface area contributed by atoms with Crippen LogP contribution in [0.3, 0.4) is 0 Å². The van der Waals surface area contributed by atoms with Gasteiger partial charge in [-0.2, -0.15) is 0 Å². The first kappa shape index (κ1) is 10.9. The zero-order valence-corrected chi connectivity index (χ0v) is 9.49. The van der Waals surface area contributed by atoms with Crippen LogP contribution in [0, 0.1) is 6.92 Å². The largest absolute Gasteiger partial charge is 0.441 e. The molecule has 0 aliphatic heterocycles. The molecule has 3 nitrogen and oxygen atoms in total. The lowest BCUT2D eigenvalue weighted by atomic mass is 10.2. The number of nitrogens with zero attached hydrogens (tertiary/aromatic N) is 1. The highest BCUT2D eigenvalue weighted by Gasteiger charge is 2.10. The van der Waals surface area contributed by atoms with E-state index in [9.17, 15) is 4.79 Å². The van der Waals surface area contributed by atoms with Crippen molar-refractivity contribution in [1.29, 1.82) is 0 Å². The summed E-state index contributed by atoms with van der Waals surface area (Å²) >= 11 is 5.79. The van der Waals surface area contributed by atoms with E-state index >= 15 is 0 Å². The van der Waals surface area contributed by atoms with Crippen molar-refractivity contribution in [1.82, 2.24) is 4.98 Å². The van der Waals surface area contributed by atoms with Crippen LogP contribution >= 0.6 is 11.6 Å². The maximum Gasteiger partial charge on any atom is 0.226 e. The molecule has 1 heterocycles. The molecule has 16 heavy (non-hydrogen) atoms. The molecule has 2 rings (SSSR count). The number of carbonyl (C=O) groups excluding carboxylic acids is 1. The summed E-state index contributed by atoms with van der Waals surface area (Å²) in [5, 5.41) is 0.667. The number of benzene rings is 1. The van der Waals surface area contributed by atoms with Crippen molar-refractivity contribution >= 4 is 17.9 Å². The second-order valence-corrected chi connectivity index (χ2v) is 3.84. The molecule has 0 aliphatic carbocycles. The summed E-state index contributed by atoms with van der Waals surface area (Å²) < 4.78 is 5.48. The fourth-order valence-corrected chi connectivity index (χ4v) is 1.54. The molecule has 4 heteroatoms. The maximum absolute atomic E-state index is 10.4. The van der Waals surface area contributed by atoms with E-state index in [1.54, 1.807) is 19.1 Å². The van der Waals surface area contributed by atoms with E-state index < -0.39 is 0 Å². The summed E-state index contributed by atoms with van der Waals surface area (Å²) in [5.74, 6) is 1.20. The molecular formula is C12H10ClNO2. The Bertz CT molecular complexity index is 502. The van der Waals surface area contributed by atoms with E-state index in [-0.39, 0.29) is 6.42 Å². The third-order valence-electron chi connectivity index (χ3n) is 2.26. The third-order valence-corrected chi connectivity index (χ3v) is 2.51. The Morgan fingerprint density at radius 3 is 2.69 bits per heavy atom. The van der Waals surface area contributed by atoms with Gasteiger partial charge in [-0.3, -0.25) is 0 Å². The highest BCUT2D eigenvalue weighted by Crippen LogP contribution is 2.23. The first-order valence-electron chi connectivity index (χ1n) is 4.86. The van der Waals surface area contributed by atoms with E-state index in [0.29, 0.717) is 22.4 Å². The van der Waals surface area contributed by atoms with Crippen LogP contribution in [0.25, 0.3) is 11.5 Å². The molecule has 1 aromatic heterocycles. The second-order valence-electron chi connectivity index (χ2n) is 3.40. The minimum absolute atomic E-state index is 0.281. The number of carbonyl (C=O) groups is 1. The van der Waals surface area contributed by atoms with E-state index in [0.717, 1.165) is 11.8 Å². The van der Waals surface area contributed by atoms with Gasteiger partial charge in [-0.15, -0.1) is 0 Å². The standard InChI is InChI=1S/C12H10ClNO2/c1-8-11(6-7-15)14-12(16-8)9-2-4-10(13)5-3-9/h2-5,7H,6H2,1H3. The summed E-state index contributed by atoms with van der Waals surface area (Å²) in [6.07, 6.45) is 1.10. The summed E-state index contributed by atoms with van der Waals surface area (Å²) in [7, 11) is 0. The predicted octanol–water partition coefficient (Wildman–Crippen LogP) is 3.04. The number of rotatable bonds is 3. The van der Waals surface area contributed by atoms with Crippen molar-refractivity contribution in [3.8, 4) is 11.5 Å². The molecule has 82 valence electrons. The lowest BCUT2D eigenvalue weighted by Gasteiger charge is -1.94. The predicted molar refractivity (Wildman–Crippen MR) is 61.5 cm³/mol. The number of aryl methyl sites for hydroxylation is 1. The van der Waals surface area contributed by atoms with Gasteiger partial charge >= 0.3 is 0 Å². The number of halogens is 1. The molecular weight excluding hydrogens is 226 g/mol. The lowest BCUT2D eigenvalue weighted by molar-refractivity contribution is -0.107. The van der Waals surface area contributed by atoms with Crippen LogP contribution in [0.5, 0.6) is 0 Å². The first-order chi connectivity index (χ1) is 7.70. The second kappa shape index (κ2) is 4.49. The van der Waals surface area contributed by atoms with Crippen molar-refractivity contribution in [2.75, 3.05) is 0 Å². The number of oxazole rings is 1. The highest BCUT2D eigenvalue weighted by molar-refractivity contribution is 6.30. The monoisotopic (exact) mass is 235 g/mol. The Morgan fingerprint density at radius 1 is 1.38 bits per heavy atom. The van der Waals surface area contributed by atoms with E-state index in [1.165, 1.54) is 0 Å². The maximum atomic E-state index is 10.4. The van der Waals surface area contributed by atoms with Crippen LogP contribution in [0.1, 0.15) is 11.5 Å². The summed E-state index contributed by atoms with van der Waals surface area (Å²) in [6.45, 7) is 1.80. The Kier molecular flexibility index (Phi) is 3.06. The minimum atomic E-state index is 0.281. The fourth-order valence-electron chi connectivity index (χ4n) is 1.41. The third kappa shape index (κ3) is 2.14. The van der Waals surface area contributed by atoms with Gasteiger partial charge in [0.05, 0.1) is 5.69 Å². The number of aldehydes is 1. The van der Waals surface area contributed by atoms with Gasteiger partial charge in [0.1, 0.15) is 12.0 Å². The molecule has 2 aromatic rings. The Balaban J connectivity index is 2.37. The Morgan fingerprint density at radius 2 is 2.06 bits per heavy atom. The van der Waals surface area contributed by atoms with Crippen LogP contribution in [-0.4, -0.2) is 11.3 Å². The highest BCUT2D eigenvalue weighted by atomic mass is 35.5. The van der Waals surface area contributed by atoms with Gasteiger partial charge in [-0.25, -0.2) is 4.98 Å². The van der Waals surface area contributed by atoms with Gasteiger partial charge in [0.25, 0.3) is 0 Å². The molecule has 0 fully saturated rings. The van der Waals surface area contributed by atoms with Crippen LogP contribution in [0.2, 0.25) is 5.02 Å². The molecule has 0 aliphatic rings. The molecule has 0 saturated heterocycles. The van der Waals surface area contributed by atoms with Gasteiger partial charge < -0.3 is 9.21 Å². The Labute approximate surface area is 98.1 Å². The first-order valence-corrected chi connectivity index (χ1v) is 5.24. The van der Waals surface area contributed by atoms with Gasteiger partial charge in [-0.05, 0) is 31.2 Å². The zero-order valence-electron chi connectivity index (χ0n) is 8.74. The smallest absolute Gasteiger partial charge is 0.226 e. The average molecular weight is 236 g/mol. The SMILES string of the molecule is Cc1oc(-c2ccc(Cl)cc2)nc1CC=O. The van der Waals surface area contributed by atoms with Gasteiger partial charge in [-0.1, -0.05) is 11.6 Å². The molecule has 0 saturated carbocycles. The molecule has 1 aromatic carbocycles. The van der Waals surface area contributed by atoms with Crippen molar-refractivity contribution in [3.63, 3.8) is 0 Å². The lowest BCUT2D eigenvalue weighted by Crippen LogP contribution is -1.88. The molecule has 0 spiro atoms. The van der Waals surface area contributed by atoms with Gasteiger partial charge in [0, 0.05) is 17.0 Å². The summed E-state index contributed by atoms with van der Waals surface area (Å²) in [5.41, 5.74) is 1.53. The normalized spacial score (nSPS) is 10.4. The van der Waals surface area contributed by atoms with Gasteiger partial charge in [0.15, 0.2) is 0 Å². The van der Waals surface area contributed by atoms with Crippen molar-refractivity contribution in [2.45, 2.75) is 13.3 Å². The minimum Gasteiger partial charge on any atom is -0.441 e. The van der Waals surface area contributed by atoms with Gasteiger partial charge in [0.2, 0.25) is 5.89 Å². The number of hydrogen-bond donors (Lipinski definition) is 0. The van der Waals surface area contributed by atoms with Crippen LogP contribution in [0.15, 0.2) is 28.7 Å². The van der Waals surface area contributed by atoms with Crippen molar-refractivity contribution in [2.24, 2.45) is 0 Å². The topological polar surface area (TPSA) is 43.1 Å². The molecule has 0 atom stereocenters. The van der Waals surface area contributed by atoms with E-state index in [2.05, 4.69) is 4.98 Å².